The molecule has 0 bridgehead atoms. The van der Waals surface area contributed by atoms with Crippen molar-refractivity contribution in [3.05, 3.63) is 34.6 Å². The maximum absolute atomic E-state index is 13.1. The molecule has 1 atom stereocenters. The molecule has 0 amide bonds. The van der Waals surface area contributed by atoms with Crippen LogP contribution >= 0.6 is 24.0 Å². The topological polar surface area (TPSA) is 52.0 Å². The summed E-state index contributed by atoms with van der Waals surface area (Å²) in [5.41, 5.74) is 12.1. The average molecular weight is 267 g/mol. The fourth-order valence-electron chi connectivity index (χ4n) is 1.42. The van der Waals surface area contributed by atoms with E-state index in [0.717, 1.165) is 24.8 Å². The fraction of sp³-hybridized carbons (Fsp3) is 0.455. The zero-order chi connectivity index (χ0) is 11.3. The van der Waals surface area contributed by atoms with Crippen LogP contribution in [0.15, 0.2) is 18.2 Å². The lowest BCUT2D eigenvalue weighted by molar-refractivity contribution is 0.580. The Bertz CT molecular complexity index is 321. The average Bonchev–Trinajstić information content (AvgIpc) is 2.22. The number of hydrogen-bond donors (Lipinski definition) is 2. The number of benzene rings is 1. The molecule has 16 heavy (non-hydrogen) atoms. The summed E-state index contributed by atoms with van der Waals surface area (Å²) < 4.78 is 13.1. The molecule has 0 saturated heterocycles. The summed E-state index contributed by atoms with van der Waals surface area (Å²) in [6, 6.07) is 4.56. The van der Waals surface area contributed by atoms with Crippen molar-refractivity contribution in [3.8, 4) is 0 Å². The van der Waals surface area contributed by atoms with Crippen LogP contribution in [0.5, 0.6) is 0 Å². The maximum Gasteiger partial charge on any atom is 0.142 e. The monoisotopic (exact) mass is 266 g/mol. The van der Waals surface area contributed by atoms with Crippen LogP contribution in [0.1, 0.15) is 30.9 Å². The molecule has 0 saturated carbocycles. The van der Waals surface area contributed by atoms with E-state index in [0.29, 0.717) is 6.54 Å². The minimum atomic E-state index is -0.413. The lowest BCUT2D eigenvalue weighted by Gasteiger charge is -2.11. The van der Waals surface area contributed by atoms with Crippen LogP contribution in [0, 0.1) is 5.82 Å². The van der Waals surface area contributed by atoms with Crippen LogP contribution in [-0.2, 0) is 0 Å². The number of unbranched alkanes of at least 4 members (excludes halogenated alkanes) is 1. The molecule has 4 N–H and O–H groups in total. The second-order valence-corrected chi connectivity index (χ2v) is 3.97. The molecule has 0 aliphatic heterocycles. The van der Waals surface area contributed by atoms with E-state index in [-0.39, 0.29) is 23.5 Å². The van der Waals surface area contributed by atoms with Gasteiger partial charge in [-0.2, -0.15) is 0 Å². The number of hydrogen-bond acceptors (Lipinski definition) is 2. The van der Waals surface area contributed by atoms with E-state index in [4.69, 9.17) is 23.1 Å². The zero-order valence-electron chi connectivity index (χ0n) is 8.96. The predicted octanol–water partition coefficient (Wildman–Crippen LogP) is 3.03. The summed E-state index contributed by atoms with van der Waals surface area (Å²) in [6.45, 7) is 0.668. The third-order valence-electron chi connectivity index (χ3n) is 2.34. The van der Waals surface area contributed by atoms with Gasteiger partial charge in [-0.25, -0.2) is 4.39 Å². The molecule has 92 valence electrons. The molecule has 1 aromatic rings. The Morgan fingerprint density at radius 3 is 2.56 bits per heavy atom. The van der Waals surface area contributed by atoms with Crippen molar-refractivity contribution in [2.24, 2.45) is 11.5 Å². The van der Waals surface area contributed by atoms with E-state index < -0.39 is 5.82 Å². The van der Waals surface area contributed by atoms with E-state index in [9.17, 15) is 4.39 Å². The highest BCUT2D eigenvalue weighted by atomic mass is 35.5. The molecule has 0 aliphatic carbocycles. The Hall–Kier alpha value is -0.350. The van der Waals surface area contributed by atoms with Crippen LogP contribution in [0.3, 0.4) is 0 Å². The van der Waals surface area contributed by atoms with Gasteiger partial charge >= 0.3 is 0 Å². The van der Waals surface area contributed by atoms with E-state index in [2.05, 4.69) is 0 Å². The van der Waals surface area contributed by atoms with Gasteiger partial charge in [0, 0.05) is 6.04 Å². The molecule has 0 radical (unpaired) electrons. The van der Waals surface area contributed by atoms with Crippen molar-refractivity contribution in [2.45, 2.75) is 25.3 Å². The third kappa shape index (κ3) is 4.66. The van der Waals surface area contributed by atoms with Gasteiger partial charge in [0.15, 0.2) is 0 Å². The van der Waals surface area contributed by atoms with Gasteiger partial charge in [0.1, 0.15) is 5.82 Å². The highest BCUT2D eigenvalue weighted by Crippen LogP contribution is 2.21. The number of nitrogens with two attached hydrogens (primary N) is 2. The first-order chi connectivity index (χ1) is 7.15. The lowest BCUT2D eigenvalue weighted by atomic mass is 10.0. The molecule has 5 heteroatoms. The second-order valence-electron chi connectivity index (χ2n) is 3.56. The summed E-state index contributed by atoms with van der Waals surface area (Å²) in [4.78, 5) is 0. The number of rotatable bonds is 5. The molecule has 0 aromatic heterocycles. The first-order valence-electron chi connectivity index (χ1n) is 5.05. The molecular formula is C11H17Cl2FN2. The van der Waals surface area contributed by atoms with Gasteiger partial charge in [0.25, 0.3) is 0 Å². The van der Waals surface area contributed by atoms with E-state index in [1.165, 1.54) is 12.1 Å². The summed E-state index contributed by atoms with van der Waals surface area (Å²) >= 11 is 5.58. The minimum Gasteiger partial charge on any atom is -0.330 e. The van der Waals surface area contributed by atoms with E-state index >= 15 is 0 Å². The summed E-state index contributed by atoms with van der Waals surface area (Å²) in [5.74, 6) is -0.413. The molecular weight excluding hydrogens is 250 g/mol. The quantitative estimate of drug-likeness (QED) is 0.806. The summed E-state index contributed by atoms with van der Waals surface area (Å²) in [7, 11) is 0. The van der Waals surface area contributed by atoms with Gasteiger partial charge < -0.3 is 11.5 Å². The van der Waals surface area contributed by atoms with E-state index in [1.807, 2.05) is 0 Å². The first kappa shape index (κ1) is 15.7. The van der Waals surface area contributed by atoms with Crippen molar-refractivity contribution in [3.63, 3.8) is 0 Å². The van der Waals surface area contributed by atoms with Crippen LogP contribution in [0.25, 0.3) is 0 Å². The Morgan fingerprint density at radius 1 is 1.31 bits per heavy atom. The van der Waals surface area contributed by atoms with Crippen molar-refractivity contribution >= 4 is 24.0 Å². The Balaban J connectivity index is 0.00000225. The van der Waals surface area contributed by atoms with Gasteiger partial charge in [-0.15, -0.1) is 12.4 Å². The van der Waals surface area contributed by atoms with Gasteiger partial charge in [0.2, 0.25) is 0 Å². The normalized spacial score (nSPS) is 12.0. The Kier molecular flexibility index (Phi) is 7.68. The molecule has 0 aliphatic rings. The molecule has 1 rings (SSSR count). The number of halogens is 3. The molecule has 0 unspecified atom stereocenters. The minimum absolute atomic E-state index is 0. The highest BCUT2D eigenvalue weighted by Gasteiger charge is 2.08. The van der Waals surface area contributed by atoms with Crippen molar-refractivity contribution in [2.75, 3.05) is 6.54 Å². The maximum atomic E-state index is 13.1. The smallest absolute Gasteiger partial charge is 0.142 e. The van der Waals surface area contributed by atoms with Crippen LogP contribution in [-0.4, -0.2) is 6.54 Å². The molecule has 1 aromatic carbocycles. The SMILES string of the molecule is Cl.NCCCC[C@@H](N)c1ccc(Cl)c(F)c1. The predicted molar refractivity (Wildman–Crippen MR) is 68.5 cm³/mol. The molecule has 0 spiro atoms. The lowest BCUT2D eigenvalue weighted by Crippen LogP contribution is -2.11. The van der Waals surface area contributed by atoms with E-state index in [1.54, 1.807) is 6.07 Å². The molecule has 2 nitrogen and oxygen atoms in total. The van der Waals surface area contributed by atoms with Crippen LogP contribution in [0.4, 0.5) is 4.39 Å². The standard InChI is InChI=1S/C11H16ClFN2.ClH/c12-9-5-4-8(7-10(9)13)11(15)3-1-2-6-14;/h4-5,7,11H,1-3,6,14-15H2;1H/t11-;/m1./s1. The second kappa shape index (κ2) is 7.85. The van der Waals surface area contributed by atoms with Gasteiger partial charge in [-0.1, -0.05) is 24.1 Å². The van der Waals surface area contributed by atoms with Gasteiger partial charge in [-0.3, -0.25) is 0 Å². The van der Waals surface area contributed by atoms with Crippen molar-refractivity contribution in [1.29, 1.82) is 0 Å². The van der Waals surface area contributed by atoms with Gasteiger partial charge in [0.05, 0.1) is 5.02 Å². The van der Waals surface area contributed by atoms with Gasteiger partial charge in [-0.05, 0) is 37.1 Å². The third-order valence-corrected chi connectivity index (χ3v) is 2.65. The zero-order valence-corrected chi connectivity index (χ0v) is 10.5. The molecule has 0 fully saturated rings. The molecule has 0 heterocycles. The largest absolute Gasteiger partial charge is 0.330 e. The highest BCUT2D eigenvalue weighted by molar-refractivity contribution is 6.30. The first-order valence-corrected chi connectivity index (χ1v) is 5.43. The summed E-state index contributed by atoms with van der Waals surface area (Å²) in [6.07, 6.45) is 2.73. The van der Waals surface area contributed by atoms with Crippen molar-refractivity contribution < 1.29 is 4.39 Å². The fourth-order valence-corrected chi connectivity index (χ4v) is 1.54. The summed E-state index contributed by atoms with van der Waals surface area (Å²) in [5, 5.41) is 0.132. The van der Waals surface area contributed by atoms with Crippen molar-refractivity contribution in [1.82, 2.24) is 0 Å². The van der Waals surface area contributed by atoms with Crippen LogP contribution in [0.2, 0.25) is 5.02 Å². The Labute approximate surface area is 107 Å². The Morgan fingerprint density at radius 2 is 2.00 bits per heavy atom. The van der Waals surface area contributed by atoms with Crippen LogP contribution < -0.4 is 11.5 Å².